The first-order valence-corrected chi connectivity index (χ1v) is 18.3. The van der Waals surface area contributed by atoms with Gasteiger partial charge in [0.25, 0.3) is 0 Å². The second kappa shape index (κ2) is 9.41. The molecule has 0 amide bonds. The Balaban J connectivity index is 1.39. The molecule has 0 fully saturated rings. The second-order valence-electron chi connectivity index (χ2n) is 12.7. The Hall–Kier alpha value is -6.24. The van der Waals surface area contributed by atoms with E-state index in [2.05, 4.69) is 177 Å². The van der Waals surface area contributed by atoms with Crippen LogP contribution in [0.4, 0.5) is 17.6 Å². The fourth-order valence-corrected chi connectivity index (χ4v) is 13.5. The van der Waals surface area contributed by atoms with Crippen LogP contribution in [-0.2, 0) is 0 Å². The average Bonchev–Trinajstić information content (AvgIpc) is 3.81. The van der Waals surface area contributed by atoms with E-state index in [9.17, 15) is 0 Å². The first kappa shape index (κ1) is 25.9. The maximum absolute atomic E-state index is 5.65. The molecular weight excluding hydrogens is 603 g/mol. The summed E-state index contributed by atoms with van der Waals surface area (Å²) in [6.07, 6.45) is 0. The molecule has 0 N–H and O–H groups in total. The number of para-hydroxylation sites is 2. The van der Waals surface area contributed by atoms with Gasteiger partial charge >= 0.3 is 0 Å². The van der Waals surface area contributed by atoms with Crippen LogP contribution in [0.3, 0.4) is 0 Å². The highest BCUT2D eigenvalue weighted by molar-refractivity contribution is 7.04. The molecule has 0 unspecified atom stereocenters. The summed E-state index contributed by atoms with van der Waals surface area (Å²) in [5, 5.41) is 5.08. The number of rotatable bonds is 2. The predicted octanol–water partition coefficient (Wildman–Crippen LogP) is 8.62. The molecule has 7 aromatic carbocycles. The minimum atomic E-state index is -3.15. The minimum Gasteiger partial charge on any atom is -0.438 e. The van der Waals surface area contributed by atoms with Gasteiger partial charge < -0.3 is 8.47 Å². The summed E-state index contributed by atoms with van der Waals surface area (Å²) in [5.74, 6) is 1.79. The summed E-state index contributed by atoms with van der Waals surface area (Å²) in [6.45, 7) is 0. The molecule has 225 valence electrons. The summed E-state index contributed by atoms with van der Waals surface area (Å²) in [7, 11) is -3.15. The van der Waals surface area contributed by atoms with Crippen LogP contribution in [0, 0.1) is 0 Å². The highest BCUT2D eigenvalue weighted by atomic mass is 28.3. The van der Waals surface area contributed by atoms with Crippen molar-refractivity contribution in [2.45, 2.75) is 0 Å². The van der Waals surface area contributed by atoms with Crippen LogP contribution in [0.1, 0.15) is 0 Å². The predicted molar refractivity (Wildman–Crippen MR) is 198 cm³/mol. The molecule has 9 aromatic rings. The standard InChI is InChI=1S/C42H27N5Si/c1-3-14-28(15-4-1)32-22-13-23-36-40(32)44-42-45(31-18-5-2-6-19-31)41-43-35-26-29-16-7-8-17-30(29)27-37(35)47(41)48(46(36)42)38-24-11-9-20-33(38)34-21-10-12-25-39(34)48/h1-27H/q-1. The number of fused-ring (bicyclic) bond motifs is 14. The Morgan fingerprint density at radius 1 is 0.438 bits per heavy atom. The fourth-order valence-electron chi connectivity index (χ4n) is 8.29. The van der Waals surface area contributed by atoms with E-state index in [4.69, 9.17) is 9.97 Å². The molecule has 11 rings (SSSR count). The van der Waals surface area contributed by atoms with Crippen molar-refractivity contribution in [2.24, 2.45) is 0 Å². The number of benzene rings is 7. The van der Waals surface area contributed by atoms with Gasteiger partial charge in [-0.2, -0.15) is 0 Å². The summed E-state index contributed by atoms with van der Waals surface area (Å²) in [5.41, 5.74) is 10.1. The van der Waals surface area contributed by atoms with Gasteiger partial charge in [0, 0.05) is 16.6 Å². The van der Waals surface area contributed by atoms with Crippen LogP contribution in [0.15, 0.2) is 164 Å². The zero-order valence-electron chi connectivity index (χ0n) is 25.8. The third-order valence-electron chi connectivity index (χ3n) is 10.2. The van der Waals surface area contributed by atoms with Crippen LogP contribution in [0.25, 0.3) is 55.1 Å². The van der Waals surface area contributed by atoms with Crippen LogP contribution in [0.5, 0.6) is 0 Å². The highest BCUT2D eigenvalue weighted by Crippen LogP contribution is 2.48. The van der Waals surface area contributed by atoms with Crippen molar-refractivity contribution in [3.8, 4) is 22.3 Å². The molecule has 0 radical (unpaired) electrons. The first-order chi connectivity index (χ1) is 23.8. The van der Waals surface area contributed by atoms with Crippen molar-refractivity contribution >= 4 is 69.2 Å². The van der Waals surface area contributed by atoms with Gasteiger partial charge in [0.15, 0.2) is 11.9 Å². The average molecular weight is 630 g/mol. The Morgan fingerprint density at radius 3 is 1.73 bits per heavy atom. The van der Waals surface area contributed by atoms with E-state index in [-0.39, 0.29) is 0 Å². The SMILES string of the molecule is c1ccc(-c2cccc3c2nc2n3[Si-]3(c4ccccc4-c4ccccc43)n3c(nc4cc5ccccc5cc43)N2c2ccccc2)cc1. The van der Waals surface area contributed by atoms with E-state index in [1.807, 2.05) is 0 Å². The van der Waals surface area contributed by atoms with Crippen molar-refractivity contribution in [1.29, 1.82) is 0 Å². The molecular formula is C42H27N5Si-. The van der Waals surface area contributed by atoms with Gasteiger partial charge in [-0.15, -0.1) is 10.4 Å². The molecule has 4 heterocycles. The molecule has 5 nitrogen and oxygen atoms in total. The molecule has 1 spiro atoms. The first-order valence-electron chi connectivity index (χ1n) is 16.4. The van der Waals surface area contributed by atoms with Gasteiger partial charge in [-0.05, 0) is 57.8 Å². The van der Waals surface area contributed by atoms with E-state index in [0.717, 1.165) is 50.8 Å². The number of aromatic nitrogens is 4. The number of hydrogen-bond acceptors (Lipinski definition) is 3. The lowest BCUT2D eigenvalue weighted by atomic mass is 10.0. The lowest BCUT2D eigenvalue weighted by Crippen LogP contribution is -2.69. The molecule has 2 aliphatic heterocycles. The number of nitrogens with zero attached hydrogens (tertiary/aromatic N) is 5. The Bertz CT molecular complexity index is 2700. The zero-order chi connectivity index (χ0) is 31.4. The summed E-state index contributed by atoms with van der Waals surface area (Å²) in [4.78, 5) is 13.5. The van der Waals surface area contributed by atoms with E-state index in [0.29, 0.717) is 0 Å². The maximum atomic E-state index is 5.65. The molecule has 2 aliphatic rings. The zero-order valence-corrected chi connectivity index (χ0v) is 26.8. The van der Waals surface area contributed by atoms with Crippen LogP contribution >= 0.6 is 0 Å². The van der Waals surface area contributed by atoms with E-state index < -0.39 is 8.40 Å². The molecule has 0 aliphatic carbocycles. The lowest BCUT2D eigenvalue weighted by molar-refractivity contribution is 0.945. The van der Waals surface area contributed by atoms with Crippen molar-refractivity contribution in [3.63, 3.8) is 0 Å². The monoisotopic (exact) mass is 629 g/mol. The second-order valence-corrected chi connectivity index (χ2v) is 16.0. The van der Waals surface area contributed by atoms with E-state index in [1.165, 1.54) is 32.3 Å². The largest absolute Gasteiger partial charge is 0.438 e. The van der Waals surface area contributed by atoms with Crippen molar-refractivity contribution in [3.05, 3.63) is 164 Å². The Labute approximate surface area is 277 Å². The number of hydrogen-bond donors (Lipinski definition) is 0. The maximum Gasteiger partial charge on any atom is 0.182 e. The van der Waals surface area contributed by atoms with Gasteiger partial charge in [0.05, 0.1) is 16.7 Å². The lowest BCUT2D eigenvalue weighted by Gasteiger charge is -2.52. The van der Waals surface area contributed by atoms with E-state index >= 15 is 0 Å². The summed E-state index contributed by atoms with van der Waals surface area (Å²) in [6, 6.07) is 59.1. The van der Waals surface area contributed by atoms with Crippen molar-refractivity contribution < 1.29 is 0 Å². The molecule has 0 bridgehead atoms. The number of imidazole rings is 2. The Morgan fingerprint density at radius 2 is 1.00 bits per heavy atom. The van der Waals surface area contributed by atoms with Gasteiger partial charge in [0.2, 0.25) is 0 Å². The van der Waals surface area contributed by atoms with Crippen LogP contribution < -0.4 is 15.3 Å². The minimum absolute atomic E-state index is 0.894. The highest BCUT2D eigenvalue weighted by Gasteiger charge is 2.47. The third-order valence-corrected chi connectivity index (χ3v) is 14.8. The smallest absolute Gasteiger partial charge is 0.182 e. The Kier molecular flexibility index (Phi) is 5.07. The van der Waals surface area contributed by atoms with Gasteiger partial charge in [-0.1, -0.05) is 133 Å². The van der Waals surface area contributed by atoms with Gasteiger partial charge in [-0.3, -0.25) is 4.90 Å². The van der Waals surface area contributed by atoms with Crippen molar-refractivity contribution in [1.82, 2.24) is 18.4 Å². The molecule has 2 aromatic heterocycles. The van der Waals surface area contributed by atoms with E-state index in [1.54, 1.807) is 0 Å². The number of anilines is 3. The molecule has 0 saturated carbocycles. The third kappa shape index (κ3) is 3.19. The van der Waals surface area contributed by atoms with Gasteiger partial charge in [0.1, 0.15) is 8.40 Å². The summed E-state index contributed by atoms with van der Waals surface area (Å²) < 4.78 is 5.24. The summed E-state index contributed by atoms with van der Waals surface area (Å²) >= 11 is 0. The molecule has 6 heteroatoms. The van der Waals surface area contributed by atoms with Crippen LogP contribution in [-0.4, -0.2) is 26.8 Å². The van der Waals surface area contributed by atoms with Crippen molar-refractivity contribution in [2.75, 3.05) is 4.90 Å². The fraction of sp³-hybridized carbons (Fsp3) is 0. The van der Waals surface area contributed by atoms with Gasteiger partial charge in [-0.25, -0.2) is 9.97 Å². The molecule has 48 heavy (non-hydrogen) atoms. The molecule has 0 atom stereocenters. The van der Waals surface area contributed by atoms with Crippen LogP contribution in [0.2, 0.25) is 0 Å². The topological polar surface area (TPSA) is 38.9 Å². The quantitative estimate of drug-likeness (QED) is 0.180. The molecule has 0 saturated heterocycles. The normalized spacial score (nSPS) is 14.0.